The minimum Gasteiger partial charge on any atom is -0.396 e. The highest BCUT2D eigenvalue weighted by molar-refractivity contribution is 7.10. The molecule has 1 amide bonds. The van der Waals surface area contributed by atoms with Crippen LogP contribution in [-0.4, -0.2) is 22.6 Å². The number of nitrogens with zero attached hydrogens (tertiary/aromatic N) is 1. The van der Waals surface area contributed by atoms with Crippen molar-refractivity contribution >= 4 is 28.8 Å². The monoisotopic (exact) mass is 296 g/mol. The average Bonchev–Trinajstić information content (AvgIpc) is 2.92. The summed E-state index contributed by atoms with van der Waals surface area (Å²) >= 11 is 7.48. The molecule has 0 aliphatic carbocycles. The van der Waals surface area contributed by atoms with Crippen molar-refractivity contribution < 1.29 is 9.90 Å². The number of hydrogen-bond acceptors (Lipinski definition) is 4. The molecule has 2 aromatic heterocycles. The summed E-state index contributed by atoms with van der Waals surface area (Å²) in [5, 5.41) is 14.2. The average molecular weight is 297 g/mol. The van der Waals surface area contributed by atoms with E-state index in [1.54, 1.807) is 17.4 Å². The van der Waals surface area contributed by atoms with Crippen LogP contribution in [-0.2, 0) is 0 Å². The van der Waals surface area contributed by atoms with Crippen LogP contribution < -0.4 is 5.32 Å². The Hall–Kier alpha value is -1.43. The van der Waals surface area contributed by atoms with Crippen LogP contribution in [0.3, 0.4) is 0 Å². The molecule has 0 saturated heterocycles. The zero-order valence-electron chi connectivity index (χ0n) is 10.0. The van der Waals surface area contributed by atoms with Crippen molar-refractivity contribution in [1.82, 2.24) is 10.3 Å². The van der Waals surface area contributed by atoms with Crippen molar-refractivity contribution in [3.63, 3.8) is 0 Å². The van der Waals surface area contributed by atoms with E-state index in [9.17, 15) is 4.79 Å². The molecule has 2 N–H and O–H groups in total. The Balaban J connectivity index is 2.14. The maximum absolute atomic E-state index is 12.1. The molecule has 2 aromatic rings. The maximum atomic E-state index is 12.1. The number of halogens is 1. The van der Waals surface area contributed by atoms with Gasteiger partial charge in [0, 0.05) is 23.9 Å². The number of aliphatic hydroxyl groups is 1. The predicted octanol–water partition coefficient (Wildman–Crippen LogP) is 2.65. The first-order valence-corrected chi connectivity index (χ1v) is 7.02. The van der Waals surface area contributed by atoms with Gasteiger partial charge < -0.3 is 10.4 Å². The molecule has 0 aliphatic rings. The van der Waals surface area contributed by atoms with Gasteiger partial charge in [0.05, 0.1) is 16.6 Å². The smallest absolute Gasteiger partial charge is 0.253 e. The lowest BCUT2D eigenvalue weighted by Gasteiger charge is -2.16. The summed E-state index contributed by atoms with van der Waals surface area (Å²) < 4.78 is 0. The van der Waals surface area contributed by atoms with Gasteiger partial charge >= 0.3 is 0 Å². The van der Waals surface area contributed by atoms with Crippen molar-refractivity contribution in [2.24, 2.45) is 0 Å². The second kappa shape index (κ2) is 6.65. The number of hydrogen-bond donors (Lipinski definition) is 2. The number of carbonyl (C=O) groups is 1. The van der Waals surface area contributed by atoms with E-state index in [1.165, 1.54) is 12.4 Å². The quantitative estimate of drug-likeness (QED) is 0.891. The normalized spacial score (nSPS) is 12.1. The number of nitrogens with one attached hydrogen (secondary N) is 1. The van der Waals surface area contributed by atoms with Crippen LogP contribution >= 0.6 is 22.9 Å². The maximum Gasteiger partial charge on any atom is 0.253 e. The van der Waals surface area contributed by atoms with Crippen LogP contribution in [0.5, 0.6) is 0 Å². The molecule has 2 rings (SSSR count). The summed E-state index contributed by atoms with van der Waals surface area (Å²) in [5.41, 5.74) is 0.385. The number of pyridine rings is 1. The Morgan fingerprint density at radius 1 is 1.53 bits per heavy atom. The Labute approximate surface area is 120 Å². The second-order valence-corrected chi connectivity index (χ2v) is 5.30. The van der Waals surface area contributed by atoms with E-state index in [0.717, 1.165) is 4.88 Å². The van der Waals surface area contributed by atoms with Gasteiger partial charge in [-0.3, -0.25) is 9.78 Å². The highest BCUT2D eigenvalue weighted by atomic mass is 35.5. The molecule has 0 bridgehead atoms. The molecular weight excluding hydrogens is 284 g/mol. The van der Waals surface area contributed by atoms with Crippen LogP contribution in [0.15, 0.2) is 36.0 Å². The number of thiophene rings is 1. The molecule has 100 valence electrons. The SMILES string of the molecule is O=C(N[C@@H](CCO)c1cccs1)c1ccncc1Cl. The minimum atomic E-state index is -0.265. The van der Waals surface area contributed by atoms with E-state index in [2.05, 4.69) is 10.3 Å². The Kier molecular flexibility index (Phi) is 4.90. The molecule has 0 aliphatic heterocycles. The van der Waals surface area contributed by atoms with E-state index >= 15 is 0 Å². The van der Waals surface area contributed by atoms with Crippen LogP contribution in [0.4, 0.5) is 0 Å². The lowest BCUT2D eigenvalue weighted by molar-refractivity contribution is 0.0931. The standard InChI is InChI=1S/C13H13ClN2O2S/c14-10-8-15-5-3-9(10)13(18)16-11(4-6-17)12-2-1-7-19-12/h1-3,5,7-8,11,17H,4,6H2,(H,16,18)/t11-/m0/s1. The first-order chi connectivity index (χ1) is 9.22. The van der Waals surface area contributed by atoms with Crippen molar-refractivity contribution in [2.75, 3.05) is 6.61 Å². The molecule has 0 fully saturated rings. The van der Waals surface area contributed by atoms with E-state index in [1.807, 2.05) is 17.5 Å². The summed E-state index contributed by atoms with van der Waals surface area (Å²) in [6, 6.07) is 5.21. The van der Waals surface area contributed by atoms with E-state index in [-0.39, 0.29) is 18.6 Å². The zero-order chi connectivity index (χ0) is 13.7. The van der Waals surface area contributed by atoms with Crippen molar-refractivity contribution in [2.45, 2.75) is 12.5 Å². The highest BCUT2D eigenvalue weighted by Gasteiger charge is 2.17. The van der Waals surface area contributed by atoms with Gasteiger partial charge in [-0.1, -0.05) is 17.7 Å². The van der Waals surface area contributed by atoms with Crippen molar-refractivity contribution in [3.05, 3.63) is 51.4 Å². The van der Waals surface area contributed by atoms with Gasteiger partial charge in [0.25, 0.3) is 5.91 Å². The topological polar surface area (TPSA) is 62.2 Å². The van der Waals surface area contributed by atoms with E-state index < -0.39 is 0 Å². The summed E-state index contributed by atoms with van der Waals surface area (Å²) in [6.07, 6.45) is 3.42. The molecular formula is C13H13ClN2O2S. The number of aromatic nitrogens is 1. The zero-order valence-corrected chi connectivity index (χ0v) is 11.6. The van der Waals surface area contributed by atoms with Gasteiger partial charge in [-0.25, -0.2) is 0 Å². The lowest BCUT2D eigenvalue weighted by atomic mass is 10.1. The molecule has 0 spiro atoms. The fourth-order valence-corrected chi connectivity index (χ4v) is 2.72. The van der Waals surface area contributed by atoms with E-state index in [4.69, 9.17) is 16.7 Å². The molecule has 0 aromatic carbocycles. The summed E-state index contributed by atoms with van der Waals surface area (Å²) in [5.74, 6) is -0.265. The first-order valence-electron chi connectivity index (χ1n) is 5.77. The van der Waals surface area contributed by atoms with Crippen LogP contribution in [0, 0.1) is 0 Å². The van der Waals surface area contributed by atoms with Gasteiger partial charge in [0.1, 0.15) is 0 Å². The first kappa shape index (κ1) is 14.0. The third-order valence-corrected chi connectivity index (χ3v) is 3.91. The molecule has 1 atom stereocenters. The molecule has 19 heavy (non-hydrogen) atoms. The summed E-state index contributed by atoms with van der Waals surface area (Å²) in [6.45, 7) is 0.00687. The molecule has 6 heteroatoms. The Morgan fingerprint density at radius 3 is 3.00 bits per heavy atom. The Bertz CT molecular complexity index is 545. The predicted molar refractivity (Wildman–Crippen MR) is 75.5 cm³/mol. The number of amides is 1. The number of carbonyl (C=O) groups excluding carboxylic acids is 1. The Morgan fingerprint density at radius 2 is 2.37 bits per heavy atom. The number of rotatable bonds is 5. The third kappa shape index (κ3) is 3.53. The van der Waals surface area contributed by atoms with Gasteiger partial charge in [-0.15, -0.1) is 11.3 Å². The molecule has 4 nitrogen and oxygen atoms in total. The summed E-state index contributed by atoms with van der Waals surface area (Å²) in [4.78, 5) is 17.0. The van der Waals surface area contributed by atoms with Crippen molar-refractivity contribution in [3.8, 4) is 0 Å². The largest absolute Gasteiger partial charge is 0.396 e. The van der Waals surface area contributed by atoms with Crippen LogP contribution in [0.2, 0.25) is 5.02 Å². The molecule has 2 heterocycles. The van der Waals surface area contributed by atoms with Crippen LogP contribution in [0.1, 0.15) is 27.7 Å². The van der Waals surface area contributed by atoms with Crippen LogP contribution in [0.25, 0.3) is 0 Å². The minimum absolute atomic E-state index is 0.00687. The van der Waals surface area contributed by atoms with Gasteiger partial charge in [0.2, 0.25) is 0 Å². The van der Waals surface area contributed by atoms with Gasteiger partial charge in [0.15, 0.2) is 0 Å². The molecule has 0 radical (unpaired) electrons. The number of aliphatic hydroxyl groups excluding tert-OH is 1. The fourth-order valence-electron chi connectivity index (χ4n) is 1.70. The fraction of sp³-hybridized carbons (Fsp3) is 0.231. The highest BCUT2D eigenvalue weighted by Crippen LogP contribution is 2.23. The molecule has 0 saturated carbocycles. The second-order valence-electron chi connectivity index (χ2n) is 3.91. The van der Waals surface area contributed by atoms with Gasteiger partial charge in [-0.05, 0) is 23.9 Å². The van der Waals surface area contributed by atoms with E-state index in [0.29, 0.717) is 17.0 Å². The third-order valence-electron chi connectivity index (χ3n) is 2.63. The summed E-state index contributed by atoms with van der Waals surface area (Å²) in [7, 11) is 0. The van der Waals surface area contributed by atoms with Gasteiger partial charge in [-0.2, -0.15) is 0 Å². The lowest BCUT2D eigenvalue weighted by Crippen LogP contribution is -2.29. The molecule has 0 unspecified atom stereocenters. The van der Waals surface area contributed by atoms with Crippen molar-refractivity contribution in [1.29, 1.82) is 0 Å².